The minimum Gasteiger partial charge on any atom is -0.367 e. The molecule has 1 heterocycles. The number of nitrogens with zero attached hydrogens (tertiary/aromatic N) is 4. The normalized spacial score (nSPS) is 15.5. The molecule has 1 amide bonds. The zero-order chi connectivity index (χ0) is 19.4. The molecular formula is C19H29N6O+. The van der Waals surface area contributed by atoms with Crippen molar-refractivity contribution in [2.75, 3.05) is 16.8 Å². The largest absolute Gasteiger partial charge is 0.367 e. The Labute approximate surface area is 155 Å². The van der Waals surface area contributed by atoms with E-state index < -0.39 is 0 Å². The average Bonchev–Trinajstić information content (AvgIpc) is 2.88. The predicted octanol–water partition coefficient (Wildman–Crippen LogP) is 2.73. The van der Waals surface area contributed by atoms with Crippen molar-refractivity contribution < 1.29 is 9.48 Å². The van der Waals surface area contributed by atoms with Crippen LogP contribution in [0.2, 0.25) is 0 Å². The van der Waals surface area contributed by atoms with E-state index >= 15 is 0 Å². The van der Waals surface area contributed by atoms with Crippen molar-refractivity contribution in [3.05, 3.63) is 18.2 Å². The molecule has 1 aromatic carbocycles. The maximum atomic E-state index is 11.7. The highest BCUT2D eigenvalue weighted by Gasteiger charge is 2.21. The predicted molar refractivity (Wildman–Crippen MR) is 109 cm³/mol. The summed E-state index contributed by atoms with van der Waals surface area (Å²) in [6, 6.07) is 6.55. The van der Waals surface area contributed by atoms with Crippen LogP contribution < -0.4 is 16.0 Å². The number of hydrogen-bond acceptors (Lipinski definition) is 5. The Morgan fingerprint density at radius 3 is 2.46 bits per heavy atom. The molecule has 26 heavy (non-hydrogen) atoms. The van der Waals surface area contributed by atoms with E-state index in [4.69, 9.17) is 5.73 Å². The highest BCUT2D eigenvalue weighted by atomic mass is 16.1. The lowest BCUT2D eigenvalue weighted by Gasteiger charge is -2.33. The van der Waals surface area contributed by atoms with Crippen LogP contribution in [-0.2, 0) is 4.79 Å². The number of amidine groups is 1. The first-order valence-electron chi connectivity index (χ1n) is 8.97. The summed E-state index contributed by atoms with van der Waals surface area (Å²) in [7, 11) is 0. The summed E-state index contributed by atoms with van der Waals surface area (Å²) >= 11 is 0. The van der Waals surface area contributed by atoms with Gasteiger partial charge in [-0.2, -0.15) is 0 Å². The molecule has 0 saturated carbocycles. The lowest BCUT2D eigenvalue weighted by Crippen LogP contribution is -2.37. The second kappa shape index (κ2) is 8.12. The SMILES string of the molecule is CC[N+]1=C(N)C(=Nc2ccc(N(C(C)C)C(C)C)cc2NC(C)=O)C=N1. The molecule has 140 valence electrons. The van der Waals surface area contributed by atoms with Crippen molar-refractivity contribution in [1.29, 1.82) is 0 Å². The third-order valence-electron chi connectivity index (χ3n) is 4.10. The van der Waals surface area contributed by atoms with E-state index in [9.17, 15) is 4.79 Å². The second-order valence-electron chi connectivity index (χ2n) is 6.82. The summed E-state index contributed by atoms with van der Waals surface area (Å²) in [5.41, 5.74) is 9.02. The number of hydrazone groups is 1. The van der Waals surface area contributed by atoms with Crippen LogP contribution in [0.1, 0.15) is 41.5 Å². The smallest absolute Gasteiger partial charge is 0.321 e. The van der Waals surface area contributed by atoms with Crippen molar-refractivity contribution in [3.63, 3.8) is 0 Å². The van der Waals surface area contributed by atoms with Gasteiger partial charge in [0.2, 0.25) is 5.91 Å². The quantitative estimate of drug-likeness (QED) is 0.768. The fraction of sp³-hybridized carbons (Fsp3) is 0.474. The van der Waals surface area contributed by atoms with E-state index in [1.54, 1.807) is 10.9 Å². The fourth-order valence-electron chi connectivity index (χ4n) is 3.12. The number of benzene rings is 1. The molecule has 1 aliphatic rings. The Morgan fingerprint density at radius 1 is 1.31 bits per heavy atom. The number of anilines is 2. The number of nitrogens with two attached hydrogens (primary N) is 1. The van der Waals surface area contributed by atoms with Crippen molar-refractivity contribution in [1.82, 2.24) is 0 Å². The number of rotatable bonds is 6. The van der Waals surface area contributed by atoms with Gasteiger partial charge >= 0.3 is 5.84 Å². The van der Waals surface area contributed by atoms with Gasteiger partial charge in [0.1, 0.15) is 12.8 Å². The number of nitrogens with one attached hydrogen (secondary N) is 1. The van der Waals surface area contributed by atoms with Crippen molar-refractivity contribution >= 4 is 40.7 Å². The maximum absolute atomic E-state index is 11.7. The van der Waals surface area contributed by atoms with Gasteiger partial charge < -0.3 is 10.2 Å². The topological polar surface area (TPSA) is 86.1 Å². The van der Waals surface area contributed by atoms with Gasteiger partial charge in [-0.15, -0.1) is 4.68 Å². The van der Waals surface area contributed by atoms with Gasteiger partial charge in [-0.3, -0.25) is 10.5 Å². The number of carbonyl (C=O) groups is 1. The van der Waals surface area contributed by atoms with Crippen LogP contribution in [-0.4, -0.2) is 47.0 Å². The Balaban J connectivity index is 2.49. The lowest BCUT2D eigenvalue weighted by atomic mass is 10.1. The Bertz CT molecular complexity index is 768. The van der Waals surface area contributed by atoms with Crippen LogP contribution in [0, 0.1) is 0 Å². The van der Waals surface area contributed by atoms with Crippen molar-refractivity contribution in [2.24, 2.45) is 15.8 Å². The summed E-state index contributed by atoms with van der Waals surface area (Å²) in [6.45, 7) is 12.7. The molecule has 2 rings (SSSR count). The van der Waals surface area contributed by atoms with Gasteiger partial charge in [0.05, 0.1) is 11.4 Å². The summed E-state index contributed by atoms with van der Waals surface area (Å²) in [6.07, 6.45) is 1.64. The van der Waals surface area contributed by atoms with Crippen molar-refractivity contribution in [2.45, 2.75) is 53.6 Å². The first-order chi connectivity index (χ1) is 12.2. The van der Waals surface area contributed by atoms with Gasteiger partial charge in [-0.25, -0.2) is 4.99 Å². The number of hydrogen-bond donors (Lipinski definition) is 2. The molecule has 0 atom stereocenters. The van der Waals surface area contributed by atoms with E-state index in [-0.39, 0.29) is 5.91 Å². The molecule has 0 spiro atoms. The Morgan fingerprint density at radius 2 is 1.96 bits per heavy atom. The van der Waals surface area contributed by atoms with Gasteiger partial charge in [0.25, 0.3) is 0 Å². The van der Waals surface area contributed by atoms with E-state index in [1.807, 2.05) is 25.1 Å². The van der Waals surface area contributed by atoms with Gasteiger partial charge in [0, 0.05) is 24.7 Å². The van der Waals surface area contributed by atoms with E-state index in [0.717, 1.165) is 5.69 Å². The van der Waals surface area contributed by atoms with Gasteiger partial charge in [0.15, 0.2) is 5.71 Å². The highest BCUT2D eigenvalue weighted by molar-refractivity contribution is 6.62. The molecule has 1 aromatic rings. The number of aliphatic imine (C=N–C) groups is 1. The van der Waals surface area contributed by atoms with Crippen molar-refractivity contribution in [3.8, 4) is 0 Å². The standard InChI is InChI=1S/C19H28N6O/c1-7-24-19(20)18(11-21-24)23-16-9-8-15(10-17(16)22-14(6)26)25(12(2)3)13(4)5/h8-13H,7H2,1-6H3,(H2,20,21,22,26)/p+1. The van der Waals surface area contributed by atoms with Crippen LogP contribution in [0.3, 0.4) is 0 Å². The molecule has 0 aromatic heterocycles. The lowest BCUT2D eigenvalue weighted by molar-refractivity contribution is -0.526. The molecule has 0 saturated heterocycles. The Kier molecular flexibility index (Phi) is 6.13. The maximum Gasteiger partial charge on any atom is 0.321 e. The minimum atomic E-state index is -0.142. The molecule has 0 fully saturated rings. The summed E-state index contributed by atoms with van der Waals surface area (Å²) < 4.78 is 1.69. The monoisotopic (exact) mass is 357 g/mol. The molecule has 7 nitrogen and oxygen atoms in total. The minimum absolute atomic E-state index is 0.142. The van der Waals surface area contributed by atoms with Crippen LogP contribution in [0.5, 0.6) is 0 Å². The first-order valence-corrected chi connectivity index (χ1v) is 8.97. The zero-order valence-corrected chi connectivity index (χ0v) is 16.4. The first kappa shape index (κ1) is 19.6. The van der Waals surface area contributed by atoms with Gasteiger partial charge in [-0.05, 0) is 52.8 Å². The molecule has 0 bridgehead atoms. The molecular weight excluding hydrogens is 328 g/mol. The third-order valence-corrected chi connectivity index (χ3v) is 4.10. The Hall–Kier alpha value is -2.70. The second-order valence-corrected chi connectivity index (χ2v) is 6.82. The molecule has 0 aliphatic carbocycles. The molecule has 0 unspecified atom stereocenters. The third kappa shape index (κ3) is 4.28. The van der Waals surface area contributed by atoms with Gasteiger partial charge in [-0.1, -0.05) is 5.10 Å². The fourth-order valence-corrected chi connectivity index (χ4v) is 3.12. The number of carbonyl (C=O) groups excluding carboxylic acids is 1. The van der Waals surface area contributed by atoms with E-state index in [1.165, 1.54) is 6.92 Å². The highest BCUT2D eigenvalue weighted by Crippen LogP contribution is 2.32. The average molecular weight is 357 g/mol. The van der Waals surface area contributed by atoms with E-state index in [0.29, 0.717) is 41.6 Å². The summed E-state index contributed by atoms with van der Waals surface area (Å²) in [4.78, 5) is 18.6. The molecule has 3 N–H and O–H groups in total. The van der Waals surface area contributed by atoms with E-state index in [2.05, 4.69) is 48.0 Å². The summed E-state index contributed by atoms with van der Waals surface area (Å²) in [5.74, 6) is 0.368. The van der Waals surface area contributed by atoms with Crippen LogP contribution >= 0.6 is 0 Å². The summed E-state index contributed by atoms with van der Waals surface area (Å²) in [5, 5.41) is 7.10. The molecule has 7 heteroatoms. The van der Waals surface area contributed by atoms with Crippen LogP contribution in [0.25, 0.3) is 0 Å². The zero-order valence-electron chi connectivity index (χ0n) is 16.4. The number of amides is 1. The molecule has 1 aliphatic heterocycles. The van der Waals surface area contributed by atoms with Crippen LogP contribution in [0.15, 0.2) is 28.3 Å². The molecule has 0 radical (unpaired) electrons. The van der Waals surface area contributed by atoms with Crippen LogP contribution in [0.4, 0.5) is 17.1 Å².